The third kappa shape index (κ3) is 11.6. The van der Waals surface area contributed by atoms with Gasteiger partial charge in [-0.2, -0.15) is 17.9 Å². The molecule has 1 atom stereocenters. The van der Waals surface area contributed by atoms with Crippen LogP contribution < -0.4 is 25.7 Å². The van der Waals surface area contributed by atoms with Gasteiger partial charge < -0.3 is 30.5 Å². The van der Waals surface area contributed by atoms with Crippen molar-refractivity contribution in [3.05, 3.63) is 52.5 Å². The zero-order valence-electron chi connectivity index (χ0n) is 20.9. The average molecular weight is 695 g/mol. The monoisotopic (exact) mass is 694 g/mol. The number of guanidine groups is 1. The van der Waals surface area contributed by atoms with Gasteiger partial charge in [0, 0.05) is 10.9 Å². The van der Waals surface area contributed by atoms with E-state index in [-0.39, 0.29) is 35.0 Å². The zero-order valence-corrected chi connectivity index (χ0v) is 23.3. The largest absolute Gasteiger partial charge is 0.573 e. The quantitative estimate of drug-likeness (QED) is 0.0536. The Morgan fingerprint density at radius 3 is 2.21 bits per heavy atom. The summed E-state index contributed by atoms with van der Waals surface area (Å²) in [6.45, 7) is 0.258. The molecule has 0 heterocycles. The van der Waals surface area contributed by atoms with Crippen LogP contribution in [-0.2, 0) is 35.6 Å². The molecule has 2 aromatic rings. The van der Waals surface area contributed by atoms with Gasteiger partial charge >= 0.3 is 24.5 Å². The van der Waals surface area contributed by atoms with E-state index in [2.05, 4.69) is 30.6 Å². The predicted molar refractivity (Wildman–Crippen MR) is 134 cm³/mol. The van der Waals surface area contributed by atoms with Crippen molar-refractivity contribution < 1.29 is 63.4 Å². The van der Waals surface area contributed by atoms with E-state index in [9.17, 15) is 44.3 Å². The molecule has 2 rings (SSSR count). The van der Waals surface area contributed by atoms with Crippen molar-refractivity contribution >= 4 is 43.9 Å². The fraction of sp³-hybridized carbons (Fsp3) is 0.318. The molecule has 12 nitrogen and oxygen atoms in total. The molecule has 5 N–H and O–H groups in total. The molecule has 0 saturated heterocycles. The number of carbonyl (C=O) groups excluding carboxylic acids is 2. The normalized spacial score (nSPS) is 12.6. The number of hydrogen-bond acceptors (Lipinski definition) is 9. The first-order chi connectivity index (χ1) is 19.4. The number of nitrogens with one attached hydrogen (secondary N) is 1. The molecule has 232 valence electrons. The van der Waals surface area contributed by atoms with Gasteiger partial charge in [0.2, 0.25) is 16.0 Å². The molecule has 0 aliphatic heterocycles. The maximum absolute atomic E-state index is 13.0. The Hall–Kier alpha value is -3.78. The van der Waals surface area contributed by atoms with Gasteiger partial charge in [-0.25, -0.2) is 18.0 Å². The van der Waals surface area contributed by atoms with Crippen LogP contribution in [0.5, 0.6) is 11.5 Å². The highest BCUT2D eigenvalue weighted by atomic mass is 79.9. The van der Waals surface area contributed by atoms with Gasteiger partial charge in [0.15, 0.2) is 5.75 Å². The summed E-state index contributed by atoms with van der Waals surface area (Å²) in [5.74, 6) is -6.11. The molecule has 0 aliphatic carbocycles. The third-order valence-corrected chi connectivity index (χ3v) is 6.61. The molecule has 20 heteroatoms. The van der Waals surface area contributed by atoms with Crippen LogP contribution in [-0.4, -0.2) is 58.1 Å². The minimum absolute atomic E-state index is 0.0176. The van der Waals surface area contributed by atoms with Crippen LogP contribution in [0.25, 0.3) is 0 Å². The van der Waals surface area contributed by atoms with Crippen molar-refractivity contribution in [2.45, 2.75) is 36.3 Å². The molecule has 0 aliphatic rings. The summed E-state index contributed by atoms with van der Waals surface area (Å²) in [4.78, 5) is 27.3. The summed E-state index contributed by atoms with van der Waals surface area (Å²) >= 11 is 2.86. The van der Waals surface area contributed by atoms with Crippen LogP contribution in [0.15, 0.2) is 57.0 Å². The number of halogens is 7. The highest BCUT2D eigenvalue weighted by Crippen LogP contribution is 2.32. The smallest absolute Gasteiger partial charge is 0.493 e. The molecule has 0 amide bonds. The van der Waals surface area contributed by atoms with Crippen molar-refractivity contribution in [2.24, 2.45) is 16.6 Å². The summed E-state index contributed by atoms with van der Waals surface area (Å²) in [6, 6.07) is 5.53. The Bertz CT molecular complexity index is 1380. The van der Waals surface area contributed by atoms with E-state index in [4.69, 9.17) is 21.0 Å². The Balaban J connectivity index is 2.26. The van der Waals surface area contributed by atoms with E-state index in [0.717, 1.165) is 6.07 Å². The Kier molecular flexibility index (Phi) is 11.8. The molecular formula is C22H21BrF6N4O8S. The number of nitrogens with two attached hydrogens (primary N) is 2. The summed E-state index contributed by atoms with van der Waals surface area (Å²) in [5.41, 5.74) is 10.3. The van der Waals surface area contributed by atoms with E-state index < -0.39 is 57.6 Å². The van der Waals surface area contributed by atoms with Gasteiger partial charge in [0.05, 0.1) is 6.61 Å². The highest BCUT2D eigenvalue weighted by Gasteiger charge is 2.44. The van der Waals surface area contributed by atoms with Gasteiger partial charge in [0.25, 0.3) is 0 Å². The lowest BCUT2D eigenvalue weighted by atomic mass is 10.1. The number of oxime groups is 1. The van der Waals surface area contributed by atoms with Gasteiger partial charge in [0.1, 0.15) is 23.3 Å². The summed E-state index contributed by atoms with van der Waals surface area (Å²) in [7, 11) is -5.10. The fourth-order valence-electron chi connectivity index (χ4n) is 2.94. The van der Waals surface area contributed by atoms with Crippen molar-refractivity contribution in [2.75, 3.05) is 13.2 Å². The second-order valence-electron chi connectivity index (χ2n) is 7.92. The maximum atomic E-state index is 13.0. The minimum Gasteiger partial charge on any atom is -0.493 e. The predicted octanol–water partition coefficient (Wildman–Crippen LogP) is 2.84. The number of esters is 2. The third-order valence-electron chi connectivity index (χ3n) is 4.61. The van der Waals surface area contributed by atoms with Crippen LogP contribution in [0.1, 0.15) is 12.0 Å². The molecule has 0 unspecified atom stereocenters. The van der Waals surface area contributed by atoms with Gasteiger partial charge in [-0.15, -0.1) is 13.2 Å². The molecule has 0 aromatic heterocycles. The number of benzene rings is 2. The van der Waals surface area contributed by atoms with E-state index in [0.29, 0.717) is 18.6 Å². The molecule has 0 saturated carbocycles. The lowest BCUT2D eigenvalue weighted by Gasteiger charge is -2.19. The SMILES string of the molecule is NC(N)=NOCCCOc1ccc(C[C@H](NS(=O)(=O)c2ccc(Br)cc2OC(F)(F)F)C(=O)OC(=O)C(F)(F)F)cc1. The van der Waals surface area contributed by atoms with Crippen LogP contribution in [0.2, 0.25) is 0 Å². The van der Waals surface area contributed by atoms with Crippen molar-refractivity contribution in [1.82, 2.24) is 4.72 Å². The maximum Gasteiger partial charge on any atom is 0.573 e. The lowest BCUT2D eigenvalue weighted by molar-refractivity contribution is -0.275. The first-order valence-corrected chi connectivity index (χ1v) is 13.5. The molecule has 2 aromatic carbocycles. The van der Waals surface area contributed by atoms with Gasteiger partial charge in [-0.3, -0.25) is 0 Å². The topological polar surface area (TPSA) is 182 Å². The Morgan fingerprint density at radius 2 is 1.64 bits per heavy atom. The fourth-order valence-corrected chi connectivity index (χ4v) is 4.58. The number of rotatable bonds is 13. The van der Waals surface area contributed by atoms with Crippen molar-refractivity contribution in [3.63, 3.8) is 0 Å². The number of hydrogen-bond donors (Lipinski definition) is 3. The van der Waals surface area contributed by atoms with Crippen molar-refractivity contribution in [3.8, 4) is 11.5 Å². The number of nitrogens with zero attached hydrogens (tertiary/aromatic N) is 1. The molecule has 0 radical (unpaired) electrons. The minimum atomic E-state index is -5.61. The number of ether oxygens (including phenoxy) is 3. The highest BCUT2D eigenvalue weighted by molar-refractivity contribution is 9.10. The van der Waals surface area contributed by atoms with E-state index in [1.54, 1.807) is 4.72 Å². The lowest BCUT2D eigenvalue weighted by Crippen LogP contribution is -2.45. The molecule has 0 fully saturated rings. The van der Waals surface area contributed by atoms with Crippen LogP contribution in [0.4, 0.5) is 26.3 Å². The van der Waals surface area contributed by atoms with E-state index in [1.165, 1.54) is 24.3 Å². The number of carbonyl (C=O) groups is 2. The van der Waals surface area contributed by atoms with Crippen molar-refractivity contribution in [1.29, 1.82) is 0 Å². The average Bonchev–Trinajstić information content (AvgIpc) is 2.84. The number of sulfonamides is 1. The molecule has 0 bridgehead atoms. The van der Waals surface area contributed by atoms with E-state index >= 15 is 0 Å². The van der Waals surface area contributed by atoms with Crippen LogP contribution >= 0.6 is 15.9 Å². The van der Waals surface area contributed by atoms with Crippen LogP contribution in [0, 0.1) is 0 Å². The Morgan fingerprint density at radius 1 is 1.00 bits per heavy atom. The first-order valence-electron chi connectivity index (χ1n) is 11.2. The summed E-state index contributed by atoms with van der Waals surface area (Å²) < 4.78 is 117. The molecule has 42 heavy (non-hydrogen) atoms. The summed E-state index contributed by atoms with van der Waals surface area (Å²) in [5, 5.41) is 3.31. The first kappa shape index (κ1) is 34.4. The zero-order chi connectivity index (χ0) is 31.7. The van der Waals surface area contributed by atoms with Crippen LogP contribution in [0.3, 0.4) is 0 Å². The second kappa shape index (κ2) is 14.4. The molecular weight excluding hydrogens is 674 g/mol. The Labute approximate surface area is 242 Å². The standard InChI is InChI=1S/C22H21BrF6N4O8S/c23-13-4-7-17(16(11-13)41-22(27,28)29)42(36,37)33-15(18(34)40-19(35)21(24,25)26)10-12-2-5-14(6-3-12)38-8-1-9-39-32-20(30)31/h2-7,11,15,33H,1,8-10H2,(H4,30,31,32)/t15-/m0/s1. The second-order valence-corrected chi connectivity index (χ2v) is 10.5. The van der Waals surface area contributed by atoms with Gasteiger partial charge in [-0.1, -0.05) is 28.1 Å². The van der Waals surface area contributed by atoms with E-state index in [1.807, 2.05) is 0 Å². The number of alkyl halides is 6. The van der Waals surface area contributed by atoms with Gasteiger partial charge in [-0.05, 0) is 47.5 Å². The summed E-state index contributed by atoms with van der Waals surface area (Å²) in [6.07, 6.45) is -11.3. The molecule has 0 spiro atoms.